The molecule has 4 rings (SSSR count). The Morgan fingerprint density at radius 3 is 2.24 bits per heavy atom. The Morgan fingerprint density at radius 2 is 1.29 bits per heavy atom. The Hall–Kier alpha value is 0. The second-order valence-corrected chi connectivity index (χ2v) is 7.88. The van der Waals surface area contributed by atoms with Crippen molar-refractivity contribution in [2.45, 2.75) is 64.7 Å². The van der Waals surface area contributed by atoms with Gasteiger partial charge in [-0.05, 0) is 80.0 Å². The van der Waals surface area contributed by atoms with Crippen molar-refractivity contribution in [3.8, 4) is 0 Å². The molecule has 0 nitrogen and oxygen atoms in total. The third-order valence-corrected chi connectivity index (χ3v) is 7.25. The molecular formula is C17H28. The molecule has 0 heterocycles. The van der Waals surface area contributed by atoms with Gasteiger partial charge >= 0.3 is 0 Å². The number of fused-ring (bicyclic) bond motifs is 4. The summed E-state index contributed by atoms with van der Waals surface area (Å²) in [6.45, 7) is 2.61. The van der Waals surface area contributed by atoms with E-state index in [9.17, 15) is 0 Å². The van der Waals surface area contributed by atoms with Crippen molar-refractivity contribution in [1.29, 1.82) is 0 Å². The van der Waals surface area contributed by atoms with E-state index in [0.717, 1.165) is 41.4 Å². The minimum absolute atomic E-state index is 1.07. The van der Waals surface area contributed by atoms with Crippen molar-refractivity contribution in [3.63, 3.8) is 0 Å². The maximum Gasteiger partial charge on any atom is -0.0352 e. The summed E-state index contributed by atoms with van der Waals surface area (Å²) in [5, 5.41) is 0. The minimum Gasteiger partial charge on any atom is -0.0620 e. The van der Waals surface area contributed by atoms with Crippen molar-refractivity contribution >= 4 is 0 Å². The second-order valence-electron chi connectivity index (χ2n) is 7.88. The van der Waals surface area contributed by atoms with Crippen molar-refractivity contribution in [2.75, 3.05) is 0 Å². The fourth-order valence-corrected chi connectivity index (χ4v) is 6.31. The molecule has 0 radical (unpaired) electrons. The van der Waals surface area contributed by atoms with Gasteiger partial charge in [0.15, 0.2) is 0 Å². The highest BCUT2D eigenvalue weighted by Crippen LogP contribution is 2.56. The van der Waals surface area contributed by atoms with Crippen LogP contribution in [0, 0.1) is 41.4 Å². The highest BCUT2D eigenvalue weighted by Gasteiger charge is 2.46. The van der Waals surface area contributed by atoms with Crippen LogP contribution in [0.15, 0.2) is 0 Å². The highest BCUT2D eigenvalue weighted by atomic mass is 14.5. The van der Waals surface area contributed by atoms with Crippen LogP contribution in [0.4, 0.5) is 0 Å². The first-order chi connectivity index (χ1) is 8.31. The summed E-state index contributed by atoms with van der Waals surface area (Å²) in [5.74, 6) is 7.90. The predicted molar refractivity (Wildman–Crippen MR) is 71.7 cm³/mol. The summed E-state index contributed by atoms with van der Waals surface area (Å²) < 4.78 is 0. The van der Waals surface area contributed by atoms with Crippen molar-refractivity contribution < 1.29 is 0 Å². The second kappa shape index (κ2) is 4.00. The lowest BCUT2D eigenvalue weighted by Gasteiger charge is -2.43. The number of hydrogen-bond donors (Lipinski definition) is 0. The molecule has 96 valence electrons. The molecule has 4 bridgehead atoms. The van der Waals surface area contributed by atoms with E-state index in [4.69, 9.17) is 0 Å². The molecule has 0 spiro atoms. The zero-order valence-corrected chi connectivity index (χ0v) is 11.4. The zero-order chi connectivity index (χ0) is 11.4. The lowest BCUT2D eigenvalue weighted by atomic mass is 9.62. The summed E-state index contributed by atoms with van der Waals surface area (Å²) in [6.07, 6.45) is 14.3. The van der Waals surface area contributed by atoms with E-state index in [1.807, 2.05) is 0 Å². The van der Waals surface area contributed by atoms with Crippen LogP contribution in [0.3, 0.4) is 0 Å². The molecule has 17 heavy (non-hydrogen) atoms. The molecular weight excluding hydrogens is 204 g/mol. The normalized spacial score (nSPS) is 57.4. The van der Waals surface area contributed by atoms with Crippen LogP contribution < -0.4 is 0 Å². The SMILES string of the molecule is CC1C2CCC(C2)CC1C1CCC2CCC1C2. The van der Waals surface area contributed by atoms with Gasteiger partial charge in [0.2, 0.25) is 0 Å². The van der Waals surface area contributed by atoms with E-state index in [1.54, 1.807) is 57.8 Å². The Kier molecular flexibility index (Phi) is 2.56. The molecule has 0 aromatic heterocycles. The van der Waals surface area contributed by atoms with E-state index >= 15 is 0 Å². The smallest absolute Gasteiger partial charge is 0.0352 e. The number of hydrogen-bond acceptors (Lipinski definition) is 0. The maximum atomic E-state index is 2.61. The van der Waals surface area contributed by atoms with Gasteiger partial charge in [0.05, 0.1) is 0 Å². The van der Waals surface area contributed by atoms with Crippen LogP contribution in [0.5, 0.6) is 0 Å². The summed E-state index contributed by atoms with van der Waals surface area (Å²) in [6, 6.07) is 0. The minimum atomic E-state index is 1.07. The molecule has 0 heteroatoms. The fourth-order valence-electron chi connectivity index (χ4n) is 6.31. The van der Waals surface area contributed by atoms with Crippen LogP contribution in [-0.2, 0) is 0 Å². The van der Waals surface area contributed by atoms with Gasteiger partial charge in [-0.2, -0.15) is 0 Å². The van der Waals surface area contributed by atoms with Gasteiger partial charge in [0, 0.05) is 0 Å². The van der Waals surface area contributed by atoms with E-state index < -0.39 is 0 Å². The largest absolute Gasteiger partial charge is 0.0620 e. The molecule has 4 aliphatic carbocycles. The monoisotopic (exact) mass is 232 g/mol. The highest BCUT2D eigenvalue weighted by molar-refractivity contribution is 4.97. The van der Waals surface area contributed by atoms with Gasteiger partial charge in [-0.3, -0.25) is 0 Å². The lowest BCUT2D eigenvalue weighted by Crippen LogP contribution is -2.35. The van der Waals surface area contributed by atoms with E-state index in [-0.39, 0.29) is 0 Å². The van der Waals surface area contributed by atoms with Crippen molar-refractivity contribution in [2.24, 2.45) is 41.4 Å². The Bertz CT molecular complexity index is 294. The van der Waals surface area contributed by atoms with E-state index in [1.165, 1.54) is 0 Å². The maximum absolute atomic E-state index is 2.61. The van der Waals surface area contributed by atoms with Gasteiger partial charge in [-0.1, -0.05) is 26.2 Å². The predicted octanol–water partition coefficient (Wildman–Crippen LogP) is 4.89. The molecule has 4 saturated carbocycles. The van der Waals surface area contributed by atoms with Crippen molar-refractivity contribution in [3.05, 3.63) is 0 Å². The third-order valence-electron chi connectivity index (χ3n) is 7.25. The molecule has 0 amide bonds. The molecule has 7 unspecified atom stereocenters. The summed E-state index contributed by atoms with van der Waals surface area (Å²) in [4.78, 5) is 0. The molecule has 4 fully saturated rings. The van der Waals surface area contributed by atoms with E-state index in [0.29, 0.717) is 0 Å². The van der Waals surface area contributed by atoms with Crippen LogP contribution >= 0.6 is 0 Å². The van der Waals surface area contributed by atoms with Gasteiger partial charge in [-0.25, -0.2) is 0 Å². The Labute approximate surface area is 107 Å². The quantitative estimate of drug-likeness (QED) is 0.604. The lowest BCUT2D eigenvalue weighted by molar-refractivity contribution is 0.0600. The average molecular weight is 232 g/mol. The summed E-state index contributed by atoms with van der Waals surface area (Å²) in [5.41, 5.74) is 0. The van der Waals surface area contributed by atoms with Crippen molar-refractivity contribution in [1.82, 2.24) is 0 Å². The van der Waals surface area contributed by atoms with Gasteiger partial charge < -0.3 is 0 Å². The van der Waals surface area contributed by atoms with Crippen LogP contribution in [0.2, 0.25) is 0 Å². The molecule has 0 aromatic carbocycles. The van der Waals surface area contributed by atoms with Gasteiger partial charge in [-0.15, -0.1) is 0 Å². The van der Waals surface area contributed by atoms with Crippen LogP contribution in [0.25, 0.3) is 0 Å². The molecule has 7 atom stereocenters. The zero-order valence-electron chi connectivity index (χ0n) is 11.4. The molecule has 4 aliphatic rings. The fraction of sp³-hybridized carbons (Fsp3) is 1.00. The first-order valence-electron chi connectivity index (χ1n) is 8.31. The average Bonchev–Trinajstić information content (AvgIpc) is 2.91. The molecule has 0 aliphatic heterocycles. The summed E-state index contributed by atoms with van der Waals surface area (Å²) >= 11 is 0. The molecule has 0 N–H and O–H groups in total. The molecule has 0 saturated heterocycles. The third kappa shape index (κ3) is 1.70. The van der Waals surface area contributed by atoms with Crippen LogP contribution in [-0.4, -0.2) is 0 Å². The molecule has 0 aromatic rings. The first kappa shape index (κ1) is 10.9. The Morgan fingerprint density at radius 1 is 0.588 bits per heavy atom. The van der Waals surface area contributed by atoms with Gasteiger partial charge in [0.25, 0.3) is 0 Å². The first-order valence-corrected chi connectivity index (χ1v) is 8.31. The number of rotatable bonds is 1. The van der Waals surface area contributed by atoms with Gasteiger partial charge in [0.1, 0.15) is 0 Å². The summed E-state index contributed by atoms with van der Waals surface area (Å²) in [7, 11) is 0. The van der Waals surface area contributed by atoms with Crippen LogP contribution in [0.1, 0.15) is 64.7 Å². The Balaban J connectivity index is 1.54. The topological polar surface area (TPSA) is 0 Å². The standard InChI is InChI=1S/C17H28/c1-11-14-5-3-13(9-14)10-17(11)16-7-4-12-2-6-15(16)8-12/h11-17H,2-10H2,1H3. The van der Waals surface area contributed by atoms with E-state index in [2.05, 4.69) is 6.92 Å².